The predicted octanol–water partition coefficient (Wildman–Crippen LogP) is 2.76. The summed E-state index contributed by atoms with van der Waals surface area (Å²) in [6, 6.07) is 2.18. The van der Waals surface area contributed by atoms with E-state index in [1.165, 1.54) is 12.1 Å². The van der Waals surface area contributed by atoms with Gasteiger partial charge in [-0.25, -0.2) is 9.18 Å². The molecule has 0 aliphatic heterocycles. The Balaban J connectivity index is 2.61. The fraction of sp³-hybridized carbons (Fsp3) is 0.471. The molecule has 1 rings (SSSR count). The third kappa shape index (κ3) is 6.34. The van der Waals surface area contributed by atoms with Gasteiger partial charge in [0, 0.05) is 25.9 Å². The van der Waals surface area contributed by atoms with Gasteiger partial charge >= 0.3 is 5.97 Å². The first-order valence-electron chi connectivity index (χ1n) is 8.05. The van der Waals surface area contributed by atoms with Crippen LogP contribution in [0.15, 0.2) is 18.2 Å². The summed E-state index contributed by atoms with van der Waals surface area (Å²) < 4.78 is 13.5. The maximum Gasteiger partial charge on any atom is 0.330 e. The first-order chi connectivity index (χ1) is 11.8. The molecule has 0 saturated carbocycles. The molecular weight excluding hydrogens is 351 g/mol. The lowest BCUT2D eigenvalue weighted by Crippen LogP contribution is -2.34. The topological polar surface area (TPSA) is 86.7 Å². The van der Waals surface area contributed by atoms with Crippen molar-refractivity contribution in [2.45, 2.75) is 39.2 Å². The van der Waals surface area contributed by atoms with Crippen molar-refractivity contribution in [3.05, 3.63) is 34.6 Å². The zero-order chi connectivity index (χ0) is 19.0. The van der Waals surface area contributed by atoms with E-state index in [4.69, 9.17) is 11.6 Å². The van der Waals surface area contributed by atoms with Gasteiger partial charge in [0.05, 0.1) is 5.02 Å². The van der Waals surface area contributed by atoms with Crippen molar-refractivity contribution in [2.75, 3.05) is 13.1 Å². The second kappa shape index (κ2) is 9.98. The average molecular weight is 373 g/mol. The fourth-order valence-corrected chi connectivity index (χ4v) is 2.46. The second-order valence-corrected chi connectivity index (χ2v) is 5.84. The third-order valence-corrected chi connectivity index (χ3v) is 4.05. The molecule has 0 aromatic heterocycles. The molecule has 25 heavy (non-hydrogen) atoms. The van der Waals surface area contributed by atoms with Crippen LogP contribution in [0.5, 0.6) is 0 Å². The molecule has 138 valence electrons. The van der Waals surface area contributed by atoms with Crippen molar-refractivity contribution in [1.29, 1.82) is 0 Å². The molecule has 6 nitrogen and oxygen atoms in total. The van der Waals surface area contributed by atoms with E-state index in [2.05, 4.69) is 5.32 Å². The van der Waals surface area contributed by atoms with Gasteiger partial charge in [-0.05, 0) is 38.0 Å². The van der Waals surface area contributed by atoms with Gasteiger partial charge in [-0.15, -0.1) is 0 Å². The van der Waals surface area contributed by atoms with Crippen molar-refractivity contribution in [3.8, 4) is 0 Å². The number of nitrogens with zero attached hydrogens (tertiary/aromatic N) is 1. The van der Waals surface area contributed by atoms with Crippen LogP contribution in [0, 0.1) is 5.82 Å². The Labute approximate surface area is 151 Å². The number of carbonyl (C=O) groups is 3. The number of amides is 2. The normalized spacial score (nSPS) is 11.7. The molecule has 0 radical (unpaired) electrons. The molecule has 0 aliphatic rings. The zero-order valence-corrected chi connectivity index (χ0v) is 15.0. The summed E-state index contributed by atoms with van der Waals surface area (Å²) in [6.07, 6.45) is 0.526. The summed E-state index contributed by atoms with van der Waals surface area (Å²) in [5.74, 6) is -2.64. The van der Waals surface area contributed by atoms with Gasteiger partial charge in [-0.1, -0.05) is 17.7 Å². The molecule has 0 spiro atoms. The van der Waals surface area contributed by atoms with E-state index < -0.39 is 23.7 Å². The Morgan fingerprint density at radius 3 is 2.40 bits per heavy atom. The van der Waals surface area contributed by atoms with Crippen LogP contribution in [-0.4, -0.2) is 40.9 Å². The van der Waals surface area contributed by atoms with Crippen LogP contribution < -0.4 is 5.32 Å². The highest BCUT2D eigenvalue weighted by Gasteiger charge is 2.23. The van der Waals surface area contributed by atoms with Gasteiger partial charge < -0.3 is 15.3 Å². The van der Waals surface area contributed by atoms with E-state index in [1.54, 1.807) is 4.90 Å². The summed E-state index contributed by atoms with van der Waals surface area (Å²) in [6.45, 7) is 4.95. The number of rotatable bonds is 9. The van der Waals surface area contributed by atoms with Gasteiger partial charge in [-0.3, -0.25) is 9.59 Å². The lowest BCUT2D eigenvalue weighted by atomic mass is 10.1. The van der Waals surface area contributed by atoms with E-state index >= 15 is 0 Å². The predicted molar refractivity (Wildman–Crippen MR) is 91.7 cm³/mol. The van der Waals surface area contributed by atoms with E-state index in [-0.39, 0.29) is 29.3 Å². The number of carboxylic acid groups (broad SMARTS) is 1. The van der Waals surface area contributed by atoms with Crippen molar-refractivity contribution in [2.24, 2.45) is 0 Å². The number of carboxylic acids is 1. The highest BCUT2D eigenvalue weighted by molar-refractivity contribution is 6.30. The first kappa shape index (κ1) is 20.9. The summed E-state index contributed by atoms with van der Waals surface area (Å²) in [5.41, 5.74) is 0.0852. The average Bonchev–Trinajstić information content (AvgIpc) is 2.56. The number of hydrogen-bond donors (Lipinski definition) is 2. The largest absolute Gasteiger partial charge is 0.479 e. The maximum atomic E-state index is 13.5. The molecule has 0 bridgehead atoms. The van der Waals surface area contributed by atoms with Crippen LogP contribution in [-0.2, 0) is 14.4 Å². The Hall–Kier alpha value is -2.15. The molecule has 0 fully saturated rings. The van der Waals surface area contributed by atoms with E-state index in [9.17, 15) is 23.9 Å². The number of benzene rings is 1. The van der Waals surface area contributed by atoms with Crippen LogP contribution in [0.3, 0.4) is 0 Å². The lowest BCUT2D eigenvalue weighted by molar-refractivity contribution is -0.142. The van der Waals surface area contributed by atoms with Crippen LogP contribution in [0.1, 0.15) is 44.7 Å². The van der Waals surface area contributed by atoms with Crippen molar-refractivity contribution in [3.63, 3.8) is 0 Å². The quantitative estimate of drug-likeness (QED) is 0.697. The molecule has 0 heterocycles. The minimum Gasteiger partial charge on any atom is -0.479 e. The Morgan fingerprint density at radius 2 is 1.88 bits per heavy atom. The van der Waals surface area contributed by atoms with Gasteiger partial charge in [0.25, 0.3) is 0 Å². The van der Waals surface area contributed by atoms with Crippen molar-refractivity contribution in [1.82, 2.24) is 10.2 Å². The summed E-state index contributed by atoms with van der Waals surface area (Å²) in [4.78, 5) is 36.8. The van der Waals surface area contributed by atoms with Gasteiger partial charge in [0.2, 0.25) is 11.8 Å². The second-order valence-electron chi connectivity index (χ2n) is 5.43. The minimum absolute atomic E-state index is 0.00681. The molecule has 2 N–H and O–H groups in total. The number of hydrogen-bond acceptors (Lipinski definition) is 3. The number of halogens is 2. The summed E-state index contributed by atoms with van der Waals surface area (Å²) in [5, 5.41) is 11.5. The van der Waals surface area contributed by atoms with Crippen molar-refractivity contribution >= 4 is 29.4 Å². The third-order valence-electron chi connectivity index (χ3n) is 3.74. The van der Waals surface area contributed by atoms with Crippen LogP contribution in [0.4, 0.5) is 4.39 Å². The first-order valence-corrected chi connectivity index (χ1v) is 8.42. The van der Waals surface area contributed by atoms with Crippen LogP contribution in [0.25, 0.3) is 0 Å². The highest BCUT2D eigenvalue weighted by Crippen LogP contribution is 2.21. The van der Waals surface area contributed by atoms with E-state index in [0.717, 1.165) is 6.07 Å². The molecule has 2 amide bonds. The Bertz CT molecular complexity index is 635. The smallest absolute Gasteiger partial charge is 0.330 e. The molecular formula is C17H22ClFN2O4. The molecule has 1 unspecified atom stereocenters. The van der Waals surface area contributed by atoms with E-state index in [1.807, 2.05) is 13.8 Å². The number of nitrogens with one attached hydrogen (secondary N) is 1. The van der Waals surface area contributed by atoms with Crippen molar-refractivity contribution < 1.29 is 23.9 Å². The number of aliphatic carboxylic acids is 1. The van der Waals surface area contributed by atoms with Crippen LogP contribution >= 0.6 is 11.6 Å². The van der Waals surface area contributed by atoms with E-state index in [0.29, 0.717) is 19.5 Å². The molecule has 0 saturated heterocycles. The van der Waals surface area contributed by atoms with Gasteiger partial charge in [0.1, 0.15) is 5.82 Å². The standard InChI is InChI=1S/C17H22ClFN2O4/c1-3-21(4-2)15(23)7-5-6-14(22)20-16(17(24)25)11-8-9-12(18)13(19)10-11/h8-10,16H,3-7H2,1-2H3,(H,20,22)(H,24,25). The summed E-state index contributed by atoms with van der Waals surface area (Å²) in [7, 11) is 0. The maximum absolute atomic E-state index is 13.5. The molecule has 8 heteroatoms. The Kier molecular flexibility index (Phi) is 8.34. The molecule has 1 aromatic carbocycles. The van der Waals surface area contributed by atoms with Crippen LogP contribution in [0.2, 0.25) is 5.02 Å². The Morgan fingerprint density at radius 1 is 1.24 bits per heavy atom. The van der Waals surface area contributed by atoms with Gasteiger partial charge in [-0.2, -0.15) is 0 Å². The minimum atomic E-state index is -1.38. The lowest BCUT2D eigenvalue weighted by Gasteiger charge is -2.18. The number of carbonyl (C=O) groups excluding carboxylic acids is 2. The molecule has 0 aliphatic carbocycles. The zero-order valence-electron chi connectivity index (χ0n) is 14.2. The SMILES string of the molecule is CCN(CC)C(=O)CCCC(=O)NC(C(=O)O)c1ccc(Cl)c(F)c1. The molecule has 1 atom stereocenters. The van der Waals surface area contributed by atoms with Gasteiger partial charge in [0.15, 0.2) is 6.04 Å². The molecule has 1 aromatic rings. The fourth-order valence-electron chi connectivity index (χ4n) is 2.35. The highest BCUT2D eigenvalue weighted by atomic mass is 35.5. The summed E-state index contributed by atoms with van der Waals surface area (Å²) >= 11 is 5.57. The monoisotopic (exact) mass is 372 g/mol.